The van der Waals surface area contributed by atoms with Gasteiger partial charge >= 0.3 is 5.97 Å². The van der Waals surface area contributed by atoms with Gasteiger partial charge in [0.1, 0.15) is 0 Å². The number of fused-ring (bicyclic) bond motifs is 1. The molecule has 0 fully saturated rings. The van der Waals surface area contributed by atoms with Crippen LogP contribution in [-0.4, -0.2) is 22.0 Å². The number of carboxylic acids is 1. The molecule has 18 heavy (non-hydrogen) atoms. The molecule has 0 heterocycles. The van der Waals surface area contributed by atoms with Crippen LogP contribution in [0.3, 0.4) is 0 Å². The van der Waals surface area contributed by atoms with Crippen molar-refractivity contribution >= 4 is 11.7 Å². The van der Waals surface area contributed by atoms with E-state index in [2.05, 4.69) is 25.9 Å². The summed E-state index contributed by atoms with van der Waals surface area (Å²) in [5.74, 6) is -1.47. The molecule has 4 nitrogen and oxygen atoms in total. The standard InChI is InChI=1S/C14H17NO3/c1-14(2,3)8-4-5-9-10(6-8)12(15-18)7-11(9)13(16)17/h4-6,11,18H,7H2,1-3H3,(H,16,17)/b15-12-. The predicted octanol–water partition coefficient (Wildman–Crippen LogP) is 2.73. The second-order valence-corrected chi connectivity index (χ2v) is 5.69. The van der Waals surface area contributed by atoms with Crippen LogP contribution in [0.2, 0.25) is 0 Å². The number of aliphatic carboxylic acids is 1. The Hall–Kier alpha value is -1.84. The van der Waals surface area contributed by atoms with E-state index in [4.69, 9.17) is 10.3 Å². The third-order valence-corrected chi connectivity index (χ3v) is 3.42. The summed E-state index contributed by atoms with van der Waals surface area (Å²) in [6, 6.07) is 5.73. The molecule has 1 atom stereocenters. The quantitative estimate of drug-likeness (QED) is 0.592. The molecule has 96 valence electrons. The van der Waals surface area contributed by atoms with Crippen molar-refractivity contribution in [2.24, 2.45) is 5.16 Å². The SMILES string of the molecule is CC(C)(C)c1ccc2c(c1)/C(=N\O)CC2C(=O)O. The van der Waals surface area contributed by atoms with Crippen LogP contribution in [0.15, 0.2) is 23.4 Å². The minimum atomic E-state index is -0.876. The molecule has 1 aromatic carbocycles. The number of hydrogen-bond acceptors (Lipinski definition) is 3. The van der Waals surface area contributed by atoms with Crippen LogP contribution in [0.1, 0.15) is 49.8 Å². The Morgan fingerprint density at radius 3 is 2.56 bits per heavy atom. The summed E-state index contributed by atoms with van der Waals surface area (Å²) < 4.78 is 0. The van der Waals surface area contributed by atoms with Crippen molar-refractivity contribution in [3.8, 4) is 0 Å². The zero-order valence-electron chi connectivity index (χ0n) is 10.8. The van der Waals surface area contributed by atoms with Crippen LogP contribution in [-0.2, 0) is 10.2 Å². The van der Waals surface area contributed by atoms with Gasteiger partial charge in [0.25, 0.3) is 0 Å². The molecule has 1 aromatic rings. The molecule has 0 saturated carbocycles. The van der Waals surface area contributed by atoms with Crippen LogP contribution in [0, 0.1) is 0 Å². The van der Waals surface area contributed by atoms with Crippen molar-refractivity contribution in [2.75, 3.05) is 0 Å². The molecule has 1 unspecified atom stereocenters. The Labute approximate surface area is 106 Å². The van der Waals surface area contributed by atoms with Crippen molar-refractivity contribution in [3.63, 3.8) is 0 Å². The van der Waals surface area contributed by atoms with Crippen LogP contribution in [0.25, 0.3) is 0 Å². The van der Waals surface area contributed by atoms with Gasteiger partial charge in [0, 0.05) is 12.0 Å². The number of carboxylic acid groups (broad SMARTS) is 1. The van der Waals surface area contributed by atoms with Gasteiger partial charge in [-0.2, -0.15) is 0 Å². The minimum absolute atomic E-state index is 0.0170. The smallest absolute Gasteiger partial charge is 0.311 e. The van der Waals surface area contributed by atoms with E-state index < -0.39 is 11.9 Å². The minimum Gasteiger partial charge on any atom is -0.481 e. The van der Waals surface area contributed by atoms with E-state index in [1.54, 1.807) is 0 Å². The van der Waals surface area contributed by atoms with Crippen molar-refractivity contribution in [2.45, 2.75) is 38.5 Å². The first kappa shape index (κ1) is 12.6. The summed E-state index contributed by atoms with van der Waals surface area (Å²) in [7, 11) is 0. The van der Waals surface area contributed by atoms with Gasteiger partial charge in [-0.1, -0.05) is 38.1 Å². The molecule has 1 aliphatic rings. The number of rotatable bonds is 1. The maximum Gasteiger partial charge on any atom is 0.311 e. The van der Waals surface area contributed by atoms with Gasteiger partial charge < -0.3 is 10.3 Å². The third kappa shape index (κ3) is 1.98. The van der Waals surface area contributed by atoms with E-state index in [0.717, 1.165) is 16.7 Å². The van der Waals surface area contributed by atoms with E-state index >= 15 is 0 Å². The Morgan fingerprint density at radius 2 is 2.06 bits per heavy atom. The Bertz CT molecular complexity index is 526. The Morgan fingerprint density at radius 1 is 1.39 bits per heavy atom. The molecule has 4 heteroatoms. The summed E-state index contributed by atoms with van der Waals surface area (Å²) >= 11 is 0. The number of hydrogen-bond donors (Lipinski definition) is 2. The fourth-order valence-corrected chi connectivity index (χ4v) is 2.30. The van der Waals surface area contributed by atoms with E-state index in [0.29, 0.717) is 5.71 Å². The molecule has 2 N–H and O–H groups in total. The molecular weight excluding hydrogens is 230 g/mol. The average Bonchev–Trinajstić information content (AvgIpc) is 2.65. The summed E-state index contributed by atoms with van der Waals surface area (Å²) in [6.07, 6.45) is 0.259. The van der Waals surface area contributed by atoms with Crippen LogP contribution >= 0.6 is 0 Å². The second kappa shape index (κ2) is 4.12. The first-order valence-corrected chi connectivity index (χ1v) is 5.93. The van der Waals surface area contributed by atoms with Gasteiger partial charge in [0.05, 0.1) is 11.6 Å². The summed E-state index contributed by atoms with van der Waals surface area (Å²) in [4.78, 5) is 11.2. The number of carbonyl (C=O) groups is 1. The van der Waals surface area contributed by atoms with Gasteiger partial charge in [-0.3, -0.25) is 4.79 Å². The number of benzene rings is 1. The van der Waals surface area contributed by atoms with E-state index in [9.17, 15) is 4.79 Å². The van der Waals surface area contributed by atoms with Gasteiger partial charge in [-0.05, 0) is 22.6 Å². The molecular formula is C14H17NO3. The van der Waals surface area contributed by atoms with Crippen molar-refractivity contribution in [3.05, 3.63) is 34.9 Å². The van der Waals surface area contributed by atoms with E-state index in [1.807, 2.05) is 18.2 Å². The largest absolute Gasteiger partial charge is 0.481 e. The normalized spacial score (nSPS) is 21.1. The molecule has 2 rings (SSSR count). The summed E-state index contributed by atoms with van der Waals surface area (Å²) in [5, 5.41) is 21.4. The molecule has 0 spiro atoms. The first-order valence-electron chi connectivity index (χ1n) is 5.93. The zero-order valence-corrected chi connectivity index (χ0v) is 10.8. The van der Waals surface area contributed by atoms with Gasteiger partial charge in [-0.25, -0.2) is 0 Å². The lowest BCUT2D eigenvalue weighted by Gasteiger charge is -2.20. The van der Waals surface area contributed by atoms with Crippen molar-refractivity contribution < 1.29 is 15.1 Å². The molecule has 1 aliphatic carbocycles. The summed E-state index contributed by atoms with van der Waals surface area (Å²) in [5.41, 5.74) is 3.05. The Kier molecular flexibility index (Phi) is 2.89. The van der Waals surface area contributed by atoms with Gasteiger partial charge in [0.2, 0.25) is 0 Å². The van der Waals surface area contributed by atoms with Gasteiger partial charge in [-0.15, -0.1) is 0 Å². The highest BCUT2D eigenvalue weighted by Gasteiger charge is 2.34. The van der Waals surface area contributed by atoms with Crippen molar-refractivity contribution in [1.29, 1.82) is 0 Å². The lowest BCUT2D eigenvalue weighted by molar-refractivity contribution is -0.138. The van der Waals surface area contributed by atoms with Gasteiger partial charge in [0.15, 0.2) is 0 Å². The molecule has 0 aromatic heterocycles. The molecule has 0 bridgehead atoms. The third-order valence-electron chi connectivity index (χ3n) is 3.42. The first-order chi connectivity index (χ1) is 8.34. The molecule has 0 amide bonds. The number of oxime groups is 1. The Balaban J connectivity index is 2.56. The lowest BCUT2D eigenvalue weighted by atomic mass is 9.85. The number of nitrogens with zero attached hydrogens (tertiary/aromatic N) is 1. The van der Waals surface area contributed by atoms with Crippen molar-refractivity contribution in [1.82, 2.24) is 0 Å². The molecule has 0 radical (unpaired) electrons. The average molecular weight is 247 g/mol. The lowest BCUT2D eigenvalue weighted by Crippen LogP contribution is -2.12. The monoisotopic (exact) mass is 247 g/mol. The maximum atomic E-state index is 11.2. The fourth-order valence-electron chi connectivity index (χ4n) is 2.30. The second-order valence-electron chi connectivity index (χ2n) is 5.69. The highest BCUT2D eigenvalue weighted by molar-refractivity contribution is 6.08. The highest BCUT2D eigenvalue weighted by Crippen LogP contribution is 2.36. The van der Waals surface area contributed by atoms with E-state index in [-0.39, 0.29) is 11.8 Å². The van der Waals surface area contributed by atoms with E-state index in [1.165, 1.54) is 0 Å². The predicted molar refractivity (Wildman–Crippen MR) is 68.5 cm³/mol. The summed E-state index contributed by atoms with van der Waals surface area (Å²) in [6.45, 7) is 6.27. The van der Waals surface area contributed by atoms with Crippen LogP contribution in [0.5, 0.6) is 0 Å². The topological polar surface area (TPSA) is 69.9 Å². The van der Waals surface area contributed by atoms with Crippen LogP contribution < -0.4 is 0 Å². The maximum absolute atomic E-state index is 11.2. The molecule has 0 saturated heterocycles. The highest BCUT2D eigenvalue weighted by atomic mass is 16.4. The fraction of sp³-hybridized carbons (Fsp3) is 0.429. The van der Waals surface area contributed by atoms with Crippen LogP contribution in [0.4, 0.5) is 0 Å². The molecule has 0 aliphatic heterocycles. The zero-order chi connectivity index (χ0) is 13.5.